The Morgan fingerprint density at radius 2 is 0.938 bits per heavy atom. The fraction of sp³-hybridized carbons (Fsp3) is 0.0164. The van der Waals surface area contributed by atoms with Crippen molar-refractivity contribution in [1.82, 2.24) is 0 Å². The summed E-state index contributed by atoms with van der Waals surface area (Å²) in [5.41, 5.74) is 20.2. The van der Waals surface area contributed by atoms with Crippen molar-refractivity contribution in [2.45, 2.75) is 5.41 Å². The molecule has 0 bridgehead atoms. The van der Waals surface area contributed by atoms with Crippen LogP contribution in [0.2, 0.25) is 0 Å². The molecule has 0 fully saturated rings. The summed E-state index contributed by atoms with van der Waals surface area (Å²) in [6.45, 7) is 0. The highest BCUT2D eigenvalue weighted by Gasteiger charge is 2.52. The quantitative estimate of drug-likeness (QED) is 0.172. The predicted molar refractivity (Wildman–Crippen MR) is 268 cm³/mol. The molecule has 0 radical (unpaired) electrons. The third-order valence-corrected chi connectivity index (χ3v) is 15.1. The van der Waals surface area contributed by atoms with E-state index in [9.17, 15) is 0 Å². The first kappa shape index (κ1) is 35.6. The summed E-state index contributed by atoms with van der Waals surface area (Å²) in [4.78, 5) is 2.32. The van der Waals surface area contributed by atoms with Gasteiger partial charge in [-0.3, -0.25) is 0 Å². The SMILES string of the molecule is c1ccc(-c2ccc(N(c3ccc(-c4ccc5sc6c7c(ccc6c5c4)C4(c5ccccc5-c5ccccc54)c4ccccc4-7)cc3)c3cccc4c3oc3ccccc34)cc2)cc1. The van der Waals surface area contributed by atoms with Gasteiger partial charge in [-0.2, -0.15) is 0 Å². The van der Waals surface area contributed by atoms with Crippen LogP contribution < -0.4 is 4.90 Å². The first-order valence-corrected chi connectivity index (χ1v) is 22.8. The van der Waals surface area contributed by atoms with Crippen molar-refractivity contribution in [3.8, 4) is 44.5 Å². The first-order chi connectivity index (χ1) is 31.7. The lowest BCUT2D eigenvalue weighted by Gasteiger charge is -2.30. The smallest absolute Gasteiger partial charge is 0.159 e. The number of rotatable bonds is 5. The summed E-state index contributed by atoms with van der Waals surface area (Å²) >= 11 is 1.93. The highest BCUT2D eigenvalue weighted by Crippen LogP contribution is 2.64. The molecular weight excluding hydrogens is 795 g/mol. The van der Waals surface area contributed by atoms with Gasteiger partial charge in [0.1, 0.15) is 5.58 Å². The highest BCUT2D eigenvalue weighted by atomic mass is 32.1. The lowest BCUT2D eigenvalue weighted by molar-refractivity contribution is 0.669. The normalized spacial score (nSPS) is 13.1. The van der Waals surface area contributed by atoms with Crippen LogP contribution in [0.5, 0.6) is 0 Å². The zero-order chi connectivity index (χ0) is 41.9. The van der Waals surface area contributed by atoms with Crippen molar-refractivity contribution in [3.63, 3.8) is 0 Å². The Morgan fingerprint density at radius 3 is 1.66 bits per heavy atom. The monoisotopic (exact) mass is 831 g/mol. The van der Waals surface area contributed by atoms with E-state index in [1.807, 2.05) is 17.4 Å². The van der Waals surface area contributed by atoms with Crippen LogP contribution in [0.25, 0.3) is 86.6 Å². The number of hydrogen-bond acceptors (Lipinski definition) is 3. The molecule has 0 aliphatic heterocycles. The molecule has 0 unspecified atom stereocenters. The third kappa shape index (κ3) is 4.90. The van der Waals surface area contributed by atoms with Gasteiger partial charge in [-0.1, -0.05) is 176 Å². The number of hydrogen-bond donors (Lipinski definition) is 0. The lowest BCUT2D eigenvalue weighted by atomic mass is 9.70. The number of anilines is 3. The largest absolute Gasteiger partial charge is 0.454 e. The summed E-state index contributed by atoms with van der Waals surface area (Å²) in [5.74, 6) is 0. The minimum absolute atomic E-state index is 0.343. The average molecular weight is 832 g/mol. The maximum Gasteiger partial charge on any atom is 0.159 e. The number of benzene rings is 10. The Bertz CT molecular complexity index is 3790. The van der Waals surface area contributed by atoms with Gasteiger partial charge in [-0.15, -0.1) is 11.3 Å². The highest BCUT2D eigenvalue weighted by molar-refractivity contribution is 7.26. The molecule has 64 heavy (non-hydrogen) atoms. The van der Waals surface area contributed by atoms with Crippen molar-refractivity contribution < 1.29 is 4.42 Å². The third-order valence-electron chi connectivity index (χ3n) is 13.9. The van der Waals surface area contributed by atoms with Crippen molar-refractivity contribution in [1.29, 1.82) is 0 Å². The minimum Gasteiger partial charge on any atom is -0.454 e. The molecule has 14 rings (SSSR count). The Hall–Kier alpha value is -7.98. The standard InChI is InChI=1S/C61H37NOS/c1-2-13-38(14-3-1)39-25-30-42(31-26-39)62(55-23-12-19-47-46-17-7-11-24-56(46)63-59(47)55)43-32-27-40(28-33-43)41-29-36-57-50(37-41)48-34-35-54-58(60(48)64-57)49-18-6-10-22-53(49)61(54)51-20-8-4-15-44(51)45-16-5-9-21-52(45)61/h1-37H. The second-order valence-corrected chi connectivity index (χ2v) is 18.2. The summed E-state index contributed by atoms with van der Waals surface area (Å²) in [5, 5.41) is 4.84. The predicted octanol–water partition coefficient (Wildman–Crippen LogP) is 17.1. The van der Waals surface area contributed by atoms with Gasteiger partial charge < -0.3 is 9.32 Å². The molecule has 2 heterocycles. The van der Waals surface area contributed by atoms with E-state index in [1.54, 1.807) is 0 Å². The van der Waals surface area contributed by atoms with Crippen LogP contribution in [0.1, 0.15) is 22.3 Å². The summed E-state index contributed by atoms with van der Waals surface area (Å²) in [7, 11) is 0. The fourth-order valence-corrected chi connectivity index (χ4v) is 12.4. The van der Waals surface area contributed by atoms with Crippen LogP contribution in [0, 0.1) is 0 Å². The maximum atomic E-state index is 6.63. The van der Waals surface area contributed by atoms with E-state index in [0.29, 0.717) is 0 Å². The second-order valence-electron chi connectivity index (χ2n) is 17.1. The summed E-state index contributed by atoms with van der Waals surface area (Å²) in [6, 6.07) is 82.3. The van der Waals surface area contributed by atoms with E-state index in [1.165, 1.54) is 86.9 Å². The molecule has 0 atom stereocenters. The average Bonchev–Trinajstić information content (AvgIpc) is 4.10. The molecule has 12 aromatic rings. The number of thiophene rings is 1. The molecule has 0 N–H and O–H groups in total. The van der Waals surface area contributed by atoms with E-state index in [2.05, 4.69) is 223 Å². The number of nitrogens with zero attached hydrogens (tertiary/aromatic N) is 1. The Morgan fingerprint density at radius 1 is 0.375 bits per heavy atom. The molecule has 298 valence electrons. The zero-order valence-electron chi connectivity index (χ0n) is 34.6. The Kier molecular flexibility index (Phi) is 7.51. The molecule has 1 spiro atoms. The van der Waals surface area contributed by atoms with Crippen LogP contribution in [0.3, 0.4) is 0 Å². The van der Waals surface area contributed by atoms with E-state index in [-0.39, 0.29) is 5.41 Å². The minimum atomic E-state index is -0.343. The molecule has 2 aliphatic carbocycles. The zero-order valence-corrected chi connectivity index (χ0v) is 35.4. The molecule has 2 nitrogen and oxygen atoms in total. The van der Waals surface area contributed by atoms with Crippen LogP contribution in [0.4, 0.5) is 17.1 Å². The van der Waals surface area contributed by atoms with E-state index in [0.717, 1.165) is 39.0 Å². The van der Waals surface area contributed by atoms with Gasteiger partial charge in [-0.25, -0.2) is 0 Å². The van der Waals surface area contributed by atoms with Gasteiger partial charge in [0, 0.05) is 47.9 Å². The Balaban J connectivity index is 0.891. The van der Waals surface area contributed by atoms with Gasteiger partial charge in [-0.05, 0) is 110 Å². The van der Waals surface area contributed by atoms with Gasteiger partial charge in [0.2, 0.25) is 0 Å². The molecule has 0 amide bonds. The van der Waals surface area contributed by atoms with Crippen molar-refractivity contribution in [2.24, 2.45) is 0 Å². The van der Waals surface area contributed by atoms with E-state index < -0.39 is 0 Å². The fourth-order valence-electron chi connectivity index (χ4n) is 11.2. The lowest BCUT2D eigenvalue weighted by Crippen LogP contribution is -2.25. The summed E-state index contributed by atoms with van der Waals surface area (Å²) in [6.07, 6.45) is 0. The van der Waals surface area contributed by atoms with Crippen molar-refractivity contribution >= 4 is 70.5 Å². The second kappa shape index (κ2) is 13.5. The molecule has 2 aliphatic rings. The van der Waals surface area contributed by atoms with Gasteiger partial charge in [0.15, 0.2) is 5.58 Å². The van der Waals surface area contributed by atoms with Crippen molar-refractivity contribution in [3.05, 3.63) is 247 Å². The van der Waals surface area contributed by atoms with Crippen LogP contribution in [0.15, 0.2) is 229 Å². The Labute approximate surface area is 374 Å². The molecule has 10 aromatic carbocycles. The van der Waals surface area contributed by atoms with Crippen LogP contribution in [-0.2, 0) is 5.41 Å². The number of furan rings is 1. The van der Waals surface area contributed by atoms with Crippen LogP contribution >= 0.6 is 11.3 Å². The summed E-state index contributed by atoms with van der Waals surface area (Å²) < 4.78 is 9.29. The first-order valence-electron chi connectivity index (χ1n) is 22.0. The molecule has 0 saturated heterocycles. The molecular formula is C61H37NOS. The topological polar surface area (TPSA) is 16.4 Å². The maximum absolute atomic E-state index is 6.63. The number of para-hydroxylation sites is 2. The van der Waals surface area contributed by atoms with E-state index >= 15 is 0 Å². The van der Waals surface area contributed by atoms with Gasteiger partial charge in [0.05, 0.1) is 11.1 Å². The molecule has 0 saturated carbocycles. The molecule has 3 heteroatoms. The molecule has 2 aromatic heterocycles. The van der Waals surface area contributed by atoms with Crippen LogP contribution in [-0.4, -0.2) is 0 Å². The van der Waals surface area contributed by atoms with Crippen molar-refractivity contribution in [2.75, 3.05) is 4.90 Å². The van der Waals surface area contributed by atoms with E-state index in [4.69, 9.17) is 4.42 Å². The van der Waals surface area contributed by atoms with Gasteiger partial charge >= 0.3 is 0 Å². The van der Waals surface area contributed by atoms with Gasteiger partial charge in [0.25, 0.3) is 0 Å². The number of fused-ring (bicyclic) bond motifs is 17.